The maximum atomic E-state index is 13.0. The first-order valence-corrected chi connectivity index (χ1v) is 10.1. The Labute approximate surface area is 173 Å². The minimum Gasteiger partial charge on any atom is -0.438 e. The van der Waals surface area contributed by atoms with Crippen LogP contribution < -0.4 is 0 Å². The van der Waals surface area contributed by atoms with E-state index in [9.17, 15) is 4.79 Å². The van der Waals surface area contributed by atoms with Gasteiger partial charge in [-0.15, -0.1) is 0 Å². The first-order chi connectivity index (χ1) is 14.2. The first kappa shape index (κ1) is 18.0. The fourth-order valence-electron chi connectivity index (χ4n) is 3.92. The molecule has 0 unspecified atom stereocenters. The van der Waals surface area contributed by atoms with Crippen LogP contribution in [0.15, 0.2) is 77.2 Å². The van der Waals surface area contributed by atoms with Crippen molar-refractivity contribution < 1.29 is 9.21 Å². The van der Waals surface area contributed by atoms with Crippen molar-refractivity contribution in [2.24, 2.45) is 0 Å². The lowest BCUT2D eigenvalue weighted by Gasteiger charge is -2.22. The number of hydrogen-bond donors (Lipinski definition) is 0. The zero-order valence-electron chi connectivity index (χ0n) is 15.7. The maximum absolute atomic E-state index is 13.0. The molecule has 1 aliphatic heterocycles. The van der Waals surface area contributed by atoms with Gasteiger partial charge in [0.25, 0.3) is 5.91 Å². The Bertz CT molecular complexity index is 1170. The molecule has 3 aromatic carbocycles. The van der Waals surface area contributed by atoms with Crippen LogP contribution in [0.3, 0.4) is 0 Å². The van der Waals surface area contributed by atoms with E-state index in [1.807, 2.05) is 41.3 Å². The molecule has 0 radical (unpaired) electrons. The van der Waals surface area contributed by atoms with Crippen LogP contribution in [0.1, 0.15) is 35.1 Å². The number of oxazole rings is 1. The van der Waals surface area contributed by atoms with Crippen LogP contribution in [0, 0.1) is 0 Å². The number of hydrogen-bond acceptors (Lipinski definition) is 3. The molecule has 1 atom stereocenters. The van der Waals surface area contributed by atoms with Crippen LogP contribution in [-0.2, 0) is 0 Å². The summed E-state index contributed by atoms with van der Waals surface area (Å²) in [6, 6.07) is 23.1. The predicted molar refractivity (Wildman–Crippen MR) is 114 cm³/mol. The largest absolute Gasteiger partial charge is 0.438 e. The van der Waals surface area contributed by atoms with Gasteiger partial charge in [0.15, 0.2) is 5.58 Å². The summed E-state index contributed by atoms with van der Waals surface area (Å²) in [5.41, 5.74) is 4.42. The lowest BCUT2D eigenvalue weighted by atomic mass is 10.1. The molecule has 0 spiro atoms. The molecule has 1 fully saturated rings. The quantitative estimate of drug-likeness (QED) is 0.414. The van der Waals surface area contributed by atoms with Crippen molar-refractivity contribution in [1.82, 2.24) is 9.88 Å². The molecular weight excluding hydrogens is 384 g/mol. The zero-order valence-corrected chi connectivity index (χ0v) is 16.5. The van der Waals surface area contributed by atoms with Gasteiger partial charge in [-0.2, -0.15) is 0 Å². The third-order valence-corrected chi connectivity index (χ3v) is 5.65. The molecule has 1 aromatic heterocycles. The van der Waals surface area contributed by atoms with Crippen LogP contribution in [0.25, 0.3) is 22.2 Å². The fraction of sp³-hybridized carbons (Fsp3) is 0.167. The smallest absolute Gasteiger partial charge is 0.254 e. The number of halogens is 1. The second kappa shape index (κ2) is 7.37. The van der Waals surface area contributed by atoms with Crippen LogP contribution in [0.5, 0.6) is 0 Å². The number of rotatable bonds is 3. The van der Waals surface area contributed by atoms with Crippen LogP contribution in [0.2, 0.25) is 5.02 Å². The monoisotopic (exact) mass is 402 g/mol. The fourth-order valence-corrected chi connectivity index (χ4v) is 4.05. The standard InChI is InChI=1S/C24H19ClN2O2/c25-19-11-8-17(9-12-19)24(28)27-14-4-7-21(27)23-26-20-15-18(10-13-22(20)29-23)16-5-2-1-3-6-16/h1-3,5-6,8-13,15,21H,4,7,14H2/t21-/m1/s1. The average molecular weight is 403 g/mol. The third-order valence-electron chi connectivity index (χ3n) is 5.40. The summed E-state index contributed by atoms with van der Waals surface area (Å²) in [6.45, 7) is 0.695. The van der Waals surface area contributed by atoms with Gasteiger partial charge in [-0.05, 0) is 60.4 Å². The van der Waals surface area contributed by atoms with Crippen molar-refractivity contribution in [3.8, 4) is 11.1 Å². The number of carbonyl (C=O) groups excluding carboxylic acids is 1. The number of likely N-dealkylation sites (tertiary alicyclic amines) is 1. The summed E-state index contributed by atoms with van der Waals surface area (Å²) < 4.78 is 6.05. The highest BCUT2D eigenvalue weighted by molar-refractivity contribution is 6.30. The number of amides is 1. The summed E-state index contributed by atoms with van der Waals surface area (Å²) in [4.78, 5) is 19.6. The second-order valence-corrected chi connectivity index (χ2v) is 7.70. The second-order valence-electron chi connectivity index (χ2n) is 7.26. The van der Waals surface area contributed by atoms with Crippen LogP contribution in [-0.4, -0.2) is 22.3 Å². The molecule has 1 amide bonds. The van der Waals surface area contributed by atoms with Crippen molar-refractivity contribution in [2.45, 2.75) is 18.9 Å². The Morgan fingerprint density at radius 2 is 1.79 bits per heavy atom. The molecule has 1 aliphatic rings. The molecule has 1 saturated heterocycles. The Hall–Kier alpha value is -3.11. The Kier molecular flexibility index (Phi) is 4.57. The number of benzene rings is 3. The van der Waals surface area contributed by atoms with Crippen LogP contribution >= 0.6 is 11.6 Å². The van der Waals surface area contributed by atoms with Crippen molar-refractivity contribution in [2.75, 3.05) is 6.54 Å². The van der Waals surface area contributed by atoms with Gasteiger partial charge in [0.2, 0.25) is 5.89 Å². The lowest BCUT2D eigenvalue weighted by molar-refractivity contribution is 0.0717. The Morgan fingerprint density at radius 1 is 1.00 bits per heavy atom. The SMILES string of the molecule is O=C(c1ccc(Cl)cc1)N1CCC[C@@H]1c1nc2cc(-c3ccccc3)ccc2o1. The Balaban J connectivity index is 1.46. The highest BCUT2D eigenvalue weighted by Gasteiger charge is 2.34. The van der Waals surface area contributed by atoms with Crippen molar-refractivity contribution >= 4 is 28.6 Å². The molecule has 0 N–H and O–H groups in total. The molecule has 0 saturated carbocycles. The molecule has 0 aliphatic carbocycles. The Morgan fingerprint density at radius 3 is 2.59 bits per heavy atom. The van der Waals surface area contributed by atoms with E-state index in [-0.39, 0.29) is 11.9 Å². The molecule has 2 heterocycles. The number of carbonyl (C=O) groups is 1. The minimum absolute atomic E-state index is 0.0172. The molecule has 0 bridgehead atoms. The topological polar surface area (TPSA) is 46.3 Å². The maximum Gasteiger partial charge on any atom is 0.254 e. The van der Waals surface area contributed by atoms with Gasteiger partial charge in [0, 0.05) is 17.1 Å². The van der Waals surface area contributed by atoms with E-state index in [4.69, 9.17) is 21.0 Å². The molecule has 29 heavy (non-hydrogen) atoms. The van der Waals surface area contributed by atoms with Crippen molar-refractivity contribution in [3.63, 3.8) is 0 Å². The van der Waals surface area contributed by atoms with E-state index in [1.54, 1.807) is 24.3 Å². The summed E-state index contributed by atoms with van der Waals surface area (Å²) >= 11 is 5.95. The van der Waals surface area contributed by atoms with E-state index in [0.717, 1.165) is 35.1 Å². The van der Waals surface area contributed by atoms with Gasteiger partial charge in [-0.1, -0.05) is 48.0 Å². The third kappa shape index (κ3) is 3.40. The van der Waals surface area contributed by atoms with Gasteiger partial charge in [0.05, 0.1) is 0 Å². The number of aromatic nitrogens is 1. The molecule has 4 aromatic rings. The van der Waals surface area contributed by atoms with E-state index in [1.165, 1.54) is 0 Å². The van der Waals surface area contributed by atoms with E-state index in [0.29, 0.717) is 23.0 Å². The zero-order chi connectivity index (χ0) is 19.8. The summed E-state index contributed by atoms with van der Waals surface area (Å²) in [5, 5.41) is 0.618. The summed E-state index contributed by atoms with van der Waals surface area (Å²) in [7, 11) is 0. The highest BCUT2D eigenvalue weighted by Crippen LogP contribution is 2.35. The minimum atomic E-state index is -0.147. The molecule has 5 heteroatoms. The van der Waals surface area contributed by atoms with E-state index in [2.05, 4.69) is 12.1 Å². The predicted octanol–water partition coefficient (Wildman–Crippen LogP) is 6.13. The summed E-state index contributed by atoms with van der Waals surface area (Å²) in [5.74, 6) is 0.585. The normalized spacial score (nSPS) is 16.4. The van der Waals surface area contributed by atoms with Gasteiger partial charge < -0.3 is 9.32 Å². The molecule has 5 rings (SSSR count). The molecule has 144 valence electrons. The van der Waals surface area contributed by atoms with E-state index < -0.39 is 0 Å². The van der Waals surface area contributed by atoms with Crippen molar-refractivity contribution in [1.29, 1.82) is 0 Å². The highest BCUT2D eigenvalue weighted by atomic mass is 35.5. The number of nitrogens with zero attached hydrogens (tertiary/aromatic N) is 2. The summed E-state index contributed by atoms with van der Waals surface area (Å²) in [6.07, 6.45) is 1.77. The van der Waals surface area contributed by atoms with Crippen molar-refractivity contribution in [3.05, 3.63) is 89.3 Å². The van der Waals surface area contributed by atoms with Gasteiger partial charge in [0.1, 0.15) is 11.6 Å². The first-order valence-electron chi connectivity index (χ1n) is 9.71. The number of fused-ring (bicyclic) bond motifs is 1. The van der Waals surface area contributed by atoms with Gasteiger partial charge in [-0.3, -0.25) is 4.79 Å². The molecular formula is C24H19ClN2O2. The molecule has 4 nitrogen and oxygen atoms in total. The lowest BCUT2D eigenvalue weighted by Crippen LogP contribution is -2.30. The van der Waals surface area contributed by atoms with Crippen LogP contribution in [0.4, 0.5) is 0 Å². The average Bonchev–Trinajstić information content (AvgIpc) is 3.40. The van der Waals surface area contributed by atoms with Gasteiger partial charge in [-0.25, -0.2) is 4.98 Å². The van der Waals surface area contributed by atoms with E-state index >= 15 is 0 Å². The van der Waals surface area contributed by atoms with Gasteiger partial charge >= 0.3 is 0 Å².